The van der Waals surface area contributed by atoms with Crippen molar-refractivity contribution < 1.29 is 0 Å². The van der Waals surface area contributed by atoms with E-state index in [9.17, 15) is 0 Å². The molecule has 100 valence electrons. The smallest absolute Gasteiger partial charge is 0.0395 e. The Morgan fingerprint density at radius 1 is 1.00 bits per heavy atom. The monoisotopic (exact) mass is 254 g/mol. The van der Waals surface area contributed by atoms with Gasteiger partial charge in [0, 0.05) is 37.1 Å². The average molecular weight is 254 g/mol. The van der Waals surface area contributed by atoms with Crippen molar-refractivity contribution >= 4 is 5.69 Å². The lowest BCUT2D eigenvalue weighted by molar-refractivity contribution is 0.579. The van der Waals surface area contributed by atoms with E-state index in [4.69, 9.17) is 0 Å². The summed E-state index contributed by atoms with van der Waals surface area (Å²) >= 11 is 0. The SMILES string of the molecule is Cc1ccccc1N(C)C(C)C(C)c1ccncc1. The molecule has 0 amide bonds. The maximum atomic E-state index is 4.09. The number of anilines is 1. The minimum Gasteiger partial charge on any atom is -0.371 e. The van der Waals surface area contributed by atoms with Gasteiger partial charge in [0.25, 0.3) is 0 Å². The van der Waals surface area contributed by atoms with Crippen LogP contribution in [0.2, 0.25) is 0 Å². The highest BCUT2D eigenvalue weighted by Gasteiger charge is 2.19. The number of nitrogens with zero attached hydrogens (tertiary/aromatic N) is 2. The van der Waals surface area contributed by atoms with Crippen LogP contribution in [0.3, 0.4) is 0 Å². The van der Waals surface area contributed by atoms with Crippen molar-refractivity contribution in [3.8, 4) is 0 Å². The van der Waals surface area contributed by atoms with Crippen LogP contribution in [0.25, 0.3) is 0 Å². The van der Waals surface area contributed by atoms with Crippen LogP contribution in [-0.4, -0.2) is 18.1 Å². The number of pyridine rings is 1. The van der Waals surface area contributed by atoms with Gasteiger partial charge in [-0.15, -0.1) is 0 Å². The molecule has 0 N–H and O–H groups in total. The van der Waals surface area contributed by atoms with E-state index in [1.165, 1.54) is 16.8 Å². The molecule has 0 saturated heterocycles. The van der Waals surface area contributed by atoms with Crippen molar-refractivity contribution in [3.05, 3.63) is 59.9 Å². The van der Waals surface area contributed by atoms with Crippen LogP contribution in [0.1, 0.15) is 30.9 Å². The Morgan fingerprint density at radius 2 is 1.63 bits per heavy atom. The van der Waals surface area contributed by atoms with Crippen molar-refractivity contribution in [1.82, 2.24) is 4.98 Å². The fourth-order valence-corrected chi connectivity index (χ4v) is 2.46. The zero-order chi connectivity index (χ0) is 13.8. The molecule has 2 rings (SSSR count). The van der Waals surface area contributed by atoms with E-state index in [2.05, 4.69) is 74.1 Å². The van der Waals surface area contributed by atoms with Crippen LogP contribution < -0.4 is 4.90 Å². The quantitative estimate of drug-likeness (QED) is 0.819. The first-order valence-electron chi connectivity index (χ1n) is 6.79. The Morgan fingerprint density at radius 3 is 2.26 bits per heavy atom. The van der Waals surface area contributed by atoms with Crippen molar-refractivity contribution in [2.45, 2.75) is 32.7 Å². The summed E-state index contributed by atoms with van der Waals surface area (Å²) in [7, 11) is 2.17. The lowest BCUT2D eigenvalue weighted by Gasteiger charge is -2.33. The number of benzene rings is 1. The van der Waals surface area contributed by atoms with Crippen molar-refractivity contribution in [3.63, 3.8) is 0 Å². The summed E-state index contributed by atoms with van der Waals surface area (Å²) in [5.74, 6) is 0.465. The number of hydrogen-bond donors (Lipinski definition) is 0. The first-order valence-corrected chi connectivity index (χ1v) is 6.79. The Balaban J connectivity index is 2.20. The first-order chi connectivity index (χ1) is 9.11. The summed E-state index contributed by atoms with van der Waals surface area (Å²) in [5, 5.41) is 0. The number of aryl methyl sites for hydroxylation is 1. The summed E-state index contributed by atoms with van der Waals surface area (Å²) in [5.41, 5.74) is 3.96. The van der Waals surface area contributed by atoms with Crippen molar-refractivity contribution in [2.75, 3.05) is 11.9 Å². The Kier molecular flexibility index (Phi) is 4.20. The fourth-order valence-electron chi connectivity index (χ4n) is 2.46. The predicted molar refractivity (Wildman–Crippen MR) is 81.7 cm³/mol. The molecule has 0 bridgehead atoms. The molecule has 2 unspecified atom stereocenters. The third-order valence-electron chi connectivity index (χ3n) is 4.06. The Hall–Kier alpha value is -1.83. The molecule has 1 aromatic carbocycles. The van der Waals surface area contributed by atoms with Gasteiger partial charge in [-0.2, -0.15) is 0 Å². The Labute approximate surface area is 116 Å². The van der Waals surface area contributed by atoms with Crippen LogP contribution in [0.5, 0.6) is 0 Å². The minimum absolute atomic E-state index is 0.434. The van der Waals surface area contributed by atoms with E-state index in [1.54, 1.807) is 0 Å². The first kappa shape index (κ1) is 13.6. The van der Waals surface area contributed by atoms with Gasteiger partial charge in [0.1, 0.15) is 0 Å². The summed E-state index contributed by atoms with van der Waals surface area (Å²) < 4.78 is 0. The van der Waals surface area contributed by atoms with Crippen molar-refractivity contribution in [2.24, 2.45) is 0 Å². The predicted octanol–water partition coefficient (Wildman–Crippen LogP) is 4.02. The molecule has 0 aliphatic carbocycles. The molecule has 0 aliphatic rings. The van der Waals surface area contributed by atoms with Crippen LogP contribution >= 0.6 is 0 Å². The summed E-state index contributed by atoms with van der Waals surface area (Å²) in [6, 6.07) is 13.2. The molecular weight excluding hydrogens is 232 g/mol. The summed E-state index contributed by atoms with van der Waals surface area (Å²) in [4.78, 5) is 6.45. The van der Waals surface area contributed by atoms with Crippen molar-refractivity contribution in [1.29, 1.82) is 0 Å². The van der Waals surface area contributed by atoms with Gasteiger partial charge >= 0.3 is 0 Å². The second kappa shape index (κ2) is 5.87. The molecule has 19 heavy (non-hydrogen) atoms. The molecule has 0 spiro atoms. The van der Waals surface area contributed by atoms with Gasteiger partial charge < -0.3 is 4.90 Å². The maximum absolute atomic E-state index is 4.09. The molecule has 0 fully saturated rings. The molecular formula is C17H22N2. The van der Waals surface area contributed by atoms with Crippen LogP contribution in [0.4, 0.5) is 5.69 Å². The topological polar surface area (TPSA) is 16.1 Å². The second-order valence-corrected chi connectivity index (χ2v) is 5.21. The number of para-hydroxylation sites is 1. The van der Waals surface area contributed by atoms with E-state index in [0.29, 0.717) is 12.0 Å². The third kappa shape index (κ3) is 2.95. The lowest BCUT2D eigenvalue weighted by Crippen LogP contribution is -2.33. The number of rotatable bonds is 4. The molecule has 0 aliphatic heterocycles. The van der Waals surface area contributed by atoms with Gasteiger partial charge in [-0.05, 0) is 43.2 Å². The molecule has 0 saturated carbocycles. The highest BCUT2D eigenvalue weighted by atomic mass is 15.1. The van der Waals surface area contributed by atoms with Gasteiger partial charge in [0.2, 0.25) is 0 Å². The second-order valence-electron chi connectivity index (χ2n) is 5.21. The third-order valence-corrected chi connectivity index (χ3v) is 4.06. The van der Waals surface area contributed by atoms with Gasteiger partial charge in [-0.25, -0.2) is 0 Å². The number of likely N-dealkylation sites (N-methyl/N-ethyl adjacent to an activating group) is 1. The molecule has 1 aromatic heterocycles. The van der Waals surface area contributed by atoms with Gasteiger partial charge in [0.15, 0.2) is 0 Å². The zero-order valence-corrected chi connectivity index (χ0v) is 12.2. The van der Waals surface area contributed by atoms with Crippen LogP contribution in [-0.2, 0) is 0 Å². The van der Waals surface area contributed by atoms with Gasteiger partial charge in [0.05, 0.1) is 0 Å². The largest absolute Gasteiger partial charge is 0.371 e. The summed E-state index contributed by atoms with van der Waals surface area (Å²) in [6.07, 6.45) is 3.73. The lowest BCUT2D eigenvalue weighted by atomic mass is 9.94. The highest BCUT2D eigenvalue weighted by molar-refractivity contribution is 5.53. The van der Waals surface area contributed by atoms with Gasteiger partial charge in [-0.1, -0.05) is 25.1 Å². The zero-order valence-electron chi connectivity index (χ0n) is 12.2. The van der Waals surface area contributed by atoms with E-state index in [-0.39, 0.29) is 0 Å². The normalized spacial score (nSPS) is 13.9. The molecule has 0 radical (unpaired) electrons. The molecule has 2 nitrogen and oxygen atoms in total. The van der Waals surface area contributed by atoms with Gasteiger partial charge in [-0.3, -0.25) is 4.98 Å². The van der Waals surface area contributed by atoms with E-state index < -0.39 is 0 Å². The Bertz CT molecular complexity index is 522. The standard InChI is InChI=1S/C17H22N2/c1-13-7-5-6-8-17(13)19(4)15(3)14(2)16-9-11-18-12-10-16/h5-12,14-15H,1-4H3. The fraction of sp³-hybridized carbons (Fsp3) is 0.353. The van der Waals surface area contributed by atoms with Crippen LogP contribution in [0.15, 0.2) is 48.8 Å². The minimum atomic E-state index is 0.434. The molecule has 2 aromatic rings. The van der Waals surface area contributed by atoms with E-state index in [1.807, 2.05) is 12.4 Å². The van der Waals surface area contributed by atoms with E-state index >= 15 is 0 Å². The number of hydrogen-bond acceptors (Lipinski definition) is 2. The van der Waals surface area contributed by atoms with E-state index in [0.717, 1.165) is 0 Å². The highest BCUT2D eigenvalue weighted by Crippen LogP contribution is 2.27. The average Bonchev–Trinajstić information content (AvgIpc) is 2.46. The summed E-state index contributed by atoms with van der Waals surface area (Å²) in [6.45, 7) is 6.71. The molecule has 2 atom stereocenters. The maximum Gasteiger partial charge on any atom is 0.0395 e. The number of aromatic nitrogens is 1. The molecule has 2 heteroatoms. The molecule has 1 heterocycles. The van der Waals surface area contributed by atoms with Crippen LogP contribution in [0, 0.1) is 6.92 Å².